The van der Waals surface area contributed by atoms with Gasteiger partial charge in [0.05, 0.1) is 9.89 Å². The minimum atomic E-state index is -0.538. The van der Waals surface area contributed by atoms with Crippen LogP contribution >= 0.6 is 27.3 Å². The second kappa shape index (κ2) is 5.51. The molecule has 1 atom stereocenters. The molecule has 96 valence electrons. The Balaban J connectivity index is 2.18. The van der Waals surface area contributed by atoms with Crippen molar-refractivity contribution in [1.29, 1.82) is 0 Å². The number of rotatable bonds is 3. The quantitative estimate of drug-likeness (QED) is 0.876. The molecule has 0 spiro atoms. The van der Waals surface area contributed by atoms with E-state index in [9.17, 15) is 9.50 Å². The van der Waals surface area contributed by atoms with Crippen LogP contribution in [0.15, 0.2) is 28.1 Å². The third-order valence-electron chi connectivity index (χ3n) is 2.92. The Hall–Kier alpha value is -0.710. The smallest absolute Gasteiger partial charge is 0.123 e. The average molecular weight is 329 g/mol. The van der Waals surface area contributed by atoms with E-state index in [-0.39, 0.29) is 5.82 Å². The van der Waals surface area contributed by atoms with Gasteiger partial charge in [-0.05, 0) is 64.7 Å². The fourth-order valence-corrected chi connectivity index (χ4v) is 3.40. The van der Waals surface area contributed by atoms with Crippen LogP contribution in [0.3, 0.4) is 0 Å². The molecular weight excluding hydrogens is 315 g/mol. The highest BCUT2D eigenvalue weighted by Crippen LogP contribution is 2.33. The zero-order valence-corrected chi connectivity index (χ0v) is 12.6. The number of thiophene rings is 1. The van der Waals surface area contributed by atoms with E-state index in [2.05, 4.69) is 15.9 Å². The summed E-state index contributed by atoms with van der Waals surface area (Å²) in [5, 5.41) is 10.2. The Kier molecular flexibility index (Phi) is 4.20. The summed E-state index contributed by atoms with van der Waals surface area (Å²) >= 11 is 4.99. The van der Waals surface area contributed by atoms with Crippen LogP contribution in [-0.4, -0.2) is 5.11 Å². The van der Waals surface area contributed by atoms with Crippen molar-refractivity contribution in [3.63, 3.8) is 0 Å². The van der Waals surface area contributed by atoms with Crippen LogP contribution in [-0.2, 0) is 6.42 Å². The SMILES string of the molecule is Cc1cc(F)ccc1CC(O)c1cc(C)c(Br)s1. The molecule has 0 saturated heterocycles. The number of halogens is 2. The van der Waals surface area contributed by atoms with Crippen molar-refractivity contribution in [3.8, 4) is 0 Å². The predicted molar refractivity (Wildman–Crippen MR) is 76.6 cm³/mol. The first-order chi connectivity index (χ1) is 8.47. The van der Waals surface area contributed by atoms with Crippen molar-refractivity contribution in [2.24, 2.45) is 0 Å². The Morgan fingerprint density at radius 3 is 2.56 bits per heavy atom. The molecule has 1 heterocycles. The molecule has 2 aromatic rings. The minimum Gasteiger partial charge on any atom is -0.387 e. The van der Waals surface area contributed by atoms with Crippen LogP contribution in [0.1, 0.15) is 27.7 Å². The van der Waals surface area contributed by atoms with E-state index < -0.39 is 6.10 Å². The number of hydrogen-bond donors (Lipinski definition) is 1. The zero-order valence-electron chi connectivity index (χ0n) is 10.2. The molecule has 1 N–H and O–H groups in total. The largest absolute Gasteiger partial charge is 0.387 e. The Labute approximate surface area is 118 Å². The van der Waals surface area contributed by atoms with E-state index in [0.717, 1.165) is 25.4 Å². The minimum absolute atomic E-state index is 0.236. The van der Waals surface area contributed by atoms with E-state index >= 15 is 0 Å². The lowest BCUT2D eigenvalue weighted by Crippen LogP contribution is -2.01. The second-order valence-electron chi connectivity index (χ2n) is 4.40. The Morgan fingerprint density at radius 1 is 1.28 bits per heavy atom. The topological polar surface area (TPSA) is 20.2 Å². The summed E-state index contributed by atoms with van der Waals surface area (Å²) in [6, 6.07) is 6.66. The number of hydrogen-bond acceptors (Lipinski definition) is 2. The maximum absolute atomic E-state index is 13.0. The molecule has 1 aromatic heterocycles. The molecule has 0 aliphatic carbocycles. The van der Waals surface area contributed by atoms with Crippen molar-refractivity contribution in [2.45, 2.75) is 26.4 Å². The van der Waals surface area contributed by atoms with Gasteiger partial charge >= 0.3 is 0 Å². The van der Waals surface area contributed by atoms with Gasteiger partial charge in [-0.2, -0.15) is 0 Å². The van der Waals surface area contributed by atoms with Gasteiger partial charge in [0.25, 0.3) is 0 Å². The maximum Gasteiger partial charge on any atom is 0.123 e. The van der Waals surface area contributed by atoms with Crippen LogP contribution in [0.2, 0.25) is 0 Å². The molecule has 0 fully saturated rings. The first kappa shape index (κ1) is 13.7. The van der Waals surface area contributed by atoms with Crippen LogP contribution in [0.5, 0.6) is 0 Å². The number of aryl methyl sites for hydroxylation is 2. The summed E-state index contributed by atoms with van der Waals surface area (Å²) in [6.07, 6.45) is -0.0254. The van der Waals surface area contributed by atoms with Gasteiger partial charge in [-0.3, -0.25) is 0 Å². The Bertz CT molecular complexity index is 545. The molecule has 18 heavy (non-hydrogen) atoms. The number of aliphatic hydroxyl groups is 1. The molecule has 2 rings (SSSR count). The molecule has 1 nitrogen and oxygen atoms in total. The summed E-state index contributed by atoms with van der Waals surface area (Å²) in [4.78, 5) is 0.933. The summed E-state index contributed by atoms with van der Waals surface area (Å²) in [5.41, 5.74) is 2.98. The van der Waals surface area contributed by atoms with Gasteiger partial charge in [0, 0.05) is 11.3 Å². The second-order valence-corrected chi connectivity index (χ2v) is 6.80. The molecule has 0 amide bonds. The van der Waals surface area contributed by atoms with Gasteiger partial charge in [0.15, 0.2) is 0 Å². The Morgan fingerprint density at radius 2 is 2.00 bits per heavy atom. The van der Waals surface area contributed by atoms with E-state index in [4.69, 9.17) is 0 Å². The molecule has 1 aromatic carbocycles. The summed E-state index contributed by atoms with van der Waals surface area (Å²) in [6.45, 7) is 3.86. The van der Waals surface area contributed by atoms with Crippen molar-refractivity contribution < 1.29 is 9.50 Å². The molecular formula is C14H14BrFOS. The monoisotopic (exact) mass is 328 g/mol. The van der Waals surface area contributed by atoms with E-state index in [1.165, 1.54) is 12.1 Å². The highest BCUT2D eigenvalue weighted by atomic mass is 79.9. The summed E-state index contributed by atoms with van der Waals surface area (Å²) < 4.78 is 14.0. The van der Waals surface area contributed by atoms with Crippen molar-refractivity contribution in [1.82, 2.24) is 0 Å². The predicted octanol–water partition coefficient (Wildman–Crippen LogP) is 4.54. The van der Waals surface area contributed by atoms with Gasteiger partial charge in [-0.15, -0.1) is 11.3 Å². The molecule has 1 unspecified atom stereocenters. The van der Waals surface area contributed by atoms with Crippen LogP contribution in [0, 0.1) is 19.7 Å². The highest BCUT2D eigenvalue weighted by molar-refractivity contribution is 9.11. The van der Waals surface area contributed by atoms with Gasteiger partial charge in [-0.1, -0.05) is 6.07 Å². The standard InChI is InChI=1S/C14H14BrFOS/c1-8-5-11(16)4-3-10(8)7-12(17)13-6-9(2)14(15)18-13/h3-6,12,17H,7H2,1-2H3. The third kappa shape index (κ3) is 2.99. The van der Waals surface area contributed by atoms with E-state index in [1.54, 1.807) is 17.4 Å². The first-order valence-corrected chi connectivity index (χ1v) is 7.27. The lowest BCUT2D eigenvalue weighted by atomic mass is 10.0. The first-order valence-electron chi connectivity index (χ1n) is 5.66. The van der Waals surface area contributed by atoms with Gasteiger partial charge in [0.2, 0.25) is 0 Å². The average Bonchev–Trinajstić information content (AvgIpc) is 2.63. The fraction of sp³-hybridized carbons (Fsp3) is 0.286. The van der Waals surface area contributed by atoms with Crippen molar-refractivity contribution in [3.05, 3.63) is 55.4 Å². The highest BCUT2D eigenvalue weighted by Gasteiger charge is 2.14. The number of benzene rings is 1. The van der Waals surface area contributed by atoms with Gasteiger partial charge in [0.1, 0.15) is 5.82 Å². The molecule has 0 bridgehead atoms. The van der Waals surface area contributed by atoms with Crippen molar-refractivity contribution in [2.75, 3.05) is 0 Å². The summed E-state index contributed by atoms with van der Waals surface area (Å²) in [5.74, 6) is -0.236. The zero-order chi connectivity index (χ0) is 13.3. The van der Waals surface area contributed by atoms with E-state index in [0.29, 0.717) is 6.42 Å². The normalized spacial score (nSPS) is 12.7. The van der Waals surface area contributed by atoms with Gasteiger partial charge < -0.3 is 5.11 Å². The van der Waals surface area contributed by atoms with Crippen LogP contribution in [0.4, 0.5) is 4.39 Å². The van der Waals surface area contributed by atoms with Gasteiger partial charge in [-0.25, -0.2) is 4.39 Å². The third-order valence-corrected chi connectivity index (χ3v) is 5.16. The molecule has 0 aliphatic rings. The van der Waals surface area contributed by atoms with Crippen molar-refractivity contribution >= 4 is 27.3 Å². The molecule has 0 saturated carbocycles. The fourth-order valence-electron chi connectivity index (χ4n) is 1.84. The summed E-state index contributed by atoms with van der Waals surface area (Å²) in [7, 11) is 0. The molecule has 4 heteroatoms. The maximum atomic E-state index is 13.0. The lowest BCUT2D eigenvalue weighted by Gasteiger charge is -2.11. The molecule has 0 aliphatic heterocycles. The lowest BCUT2D eigenvalue weighted by molar-refractivity contribution is 0.182. The molecule has 0 radical (unpaired) electrons. The van der Waals surface area contributed by atoms with E-state index in [1.807, 2.05) is 19.9 Å². The van der Waals surface area contributed by atoms with Crippen LogP contribution < -0.4 is 0 Å². The van der Waals surface area contributed by atoms with Crippen LogP contribution in [0.25, 0.3) is 0 Å². The number of aliphatic hydroxyl groups excluding tert-OH is 1.